The van der Waals surface area contributed by atoms with Crippen molar-refractivity contribution in [1.82, 2.24) is 15.1 Å². The molecule has 0 amide bonds. The summed E-state index contributed by atoms with van der Waals surface area (Å²) in [5.74, 6) is 3.31. The van der Waals surface area contributed by atoms with E-state index in [0.717, 1.165) is 43.0 Å². The molecule has 1 N–H and O–H groups in total. The molecular weight excluding hydrogens is 364 g/mol. The normalized spacial score (nSPS) is 16.0. The molecule has 0 aliphatic carbocycles. The average molecular weight is 405 g/mol. The molecule has 0 saturated carbocycles. The van der Waals surface area contributed by atoms with E-state index in [-0.39, 0.29) is 0 Å². The summed E-state index contributed by atoms with van der Waals surface area (Å²) in [5.41, 5.74) is 2.40. The quantitative estimate of drug-likeness (QED) is 0.504. The Hall–Kier alpha value is -1.95. The first-order chi connectivity index (χ1) is 14.0. The molecule has 2 rings (SSSR count). The third-order valence-electron chi connectivity index (χ3n) is 5.90. The van der Waals surface area contributed by atoms with Crippen molar-refractivity contribution in [2.75, 3.05) is 54.0 Å². The largest absolute Gasteiger partial charge is 0.493 e. The number of hydrogen-bond donors (Lipinski definition) is 1. The third-order valence-corrected chi connectivity index (χ3v) is 5.90. The van der Waals surface area contributed by atoms with Gasteiger partial charge in [0.25, 0.3) is 0 Å². The van der Waals surface area contributed by atoms with Gasteiger partial charge < -0.3 is 24.6 Å². The van der Waals surface area contributed by atoms with Gasteiger partial charge in [-0.05, 0) is 81.9 Å². The molecule has 0 radical (unpaired) electrons. The summed E-state index contributed by atoms with van der Waals surface area (Å²) in [6, 6.07) is 4.10. The maximum atomic E-state index is 5.48. The fraction of sp³-hybridized carbons (Fsp3) is 0.696. The van der Waals surface area contributed by atoms with Gasteiger partial charge in [0.1, 0.15) is 0 Å². The number of likely N-dealkylation sites (tertiary alicyclic amines) is 1. The van der Waals surface area contributed by atoms with Crippen LogP contribution < -0.4 is 14.8 Å². The summed E-state index contributed by atoms with van der Waals surface area (Å²) in [7, 11) is 5.44. The fourth-order valence-electron chi connectivity index (χ4n) is 3.94. The maximum Gasteiger partial charge on any atom is 0.193 e. The summed E-state index contributed by atoms with van der Waals surface area (Å²) < 4.78 is 10.9. The molecule has 1 aromatic rings. The molecule has 1 aliphatic rings. The lowest BCUT2D eigenvalue weighted by molar-refractivity contribution is 0.188. The number of methoxy groups -OCH3 is 2. The van der Waals surface area contributed by atoms with Crippen molar-refractivity contribution in [3.05, 3.63) is 23.3 Å². The summed E-state index contributed by atoms with van der Waals surface area (Å²) in [6.07, 6.45) is 3.79. The third kappa shape index (κ3) is 6.81. The minimum absolute atomic E-state index is 0.766. The van der Waals surface area contributed by atoms with Crippen LogP contribution in [0.25, 0.3) is 0 Å². The monoisotopic (exact) mass is 404 g/mol. The number of rotatable bonds is 9. The van der Waals surface area contributed by atoms with E-state index in [0.29, 0.717) is 0 Å². The fourth-order valence-corrected chi connectivity index (χ4v) is 3.94. The lowest BCUT2D eigenvalue weighted by Gasteiger charge is -2.30. The first kappa shape index (κ1) is 23.3. The molecule has 0 aromatic heterocycles. The summed E-state index contributed by atoms with van der Waals surface area (Å²) in [5, 5.41) is 3.44. The van der Waals surface area contributed by atoms with Crippen molar-refractivity contribution in [3.8, 4) is 11.5 Å². The highest BCUT2D eigenvalue weighted by Gasteiger charge is 2.18. The number of benzene rings is 1. The molecule has 29 heavy (non-hydrogen) atoms. The Morgan fingerprint density at radius 3 is 2.41 bits per heavy atom. The molecule has 0 atom stereocenters. The van der Waals surface area contributed by atoms with Crippen LogP contribution in [0.1, 0.15) is 44.2 Å². The van der Waals surface area contributed by atoms with Gasteiger partial charge in [-0.15, -0.1) is 0 Å². The smallest absolute Gasteiger partial charge is 0.193 e. The van der Waals surface area contributed by atoms with Crippen LogP contribution in [0, 0.1) is 12.8 Å². The highest BCUT2D eigenvalue weighted by molar-refractivity contribution is 5.79. The number of piperidine rings is 1. The van der Waals surface area contributed by atoms with E-state index in [9.17, 15) is 0 Å². The number of ether oxygens (including phenoxy) is 2. The topological polar surface area (TPSA) is 49.3 Å². The molecule has 164 valence electrons. The first-order valence-electron chi connectivity index (χ1n) is 11.0. The van der Waals surface area contributed by atoms with Gasteiger partial charge >= 0.3 is 0 Å². The predicted molar refractivity (Wildman–Crippen MR) is 121 cm³/mol. The zero-order valence-corrected chi connectivity index (χ0v) is 19.3. The van der Waals surface area contributed by atoms with Crippen LogP contribution in [0.2, 0.25) is 0 Å². The zero-order valence-electron chi connectivity index (χ0n) is 19.3. The Bertz CT molecular complexity index is 655. The second kappa shape index (κ2) is 11.9. The molecule has 1 heterocycles. The van der Waals surface area contributed by atoms with E-state index in [1.807, 2.05) is 6.07 Å². The predicted octanol–water partition coefficient (Wildman–Crippen LogP) is 3.53. The molecule has 6 heteroatoms. The van der Waals surface area contributed by atoms with E-state index >= 15 is 0 Å². The number of aliphatic imine (C=N–C) groups is 1. The highest BCUT2D eigenvalue weighted by atomic mass is 16.5. The van der Waals surface area contributed by atoms with E-state index in [4.69, 9.17) is 14.5 Å². The van der Waals surface area contributed by atoms with Crippen LogP contribution in [-0.4, -0.2) is 69.8 Å². The standard InChI is InChI=1S/C23H40N4O2/c1-7-24-23(25-12-9-19-10-13-27(8-2)14-11-19)26(4)17-20-16-22(29-6)21(28-5)15-18(20)3/h15-16,19H,7-14,17H2,1-6H3,(H,24,25). The lowest BCUT2D eigenvalue weighted by atomic mass is 9.94. The number of hydrogen-bond acceptors (Lipinski definition) is 4. The zero-order chi connectivity index (χ0) is 21.2. The van der Waals surface area contributed by atoms with Gasteiger partial charge in [-0.25, -0.2) is 0 Å². The minimum atomic E-state index is 0.766. The Kier molecular flexibility index (Phi) is 9.58. The van der Waals surface area contributed by atoms with Gasteiger partial charge in [0.15, 0.2) is 17.5 Å². The van der Waals surface area contributed by atoms with Crippen molar-refractivity contribution in [1.29, 1.82) is 0 Å². The van der Waals surface area contributed by atoms with Crippen molar-refractivity contribution >= 4 is 5.96 Å². The molecule has 1 aromatic carbocycles. The maximum absolute atomic E-state index is 5.48. The van der Waals surface area contributed by atoms with E-state index in [2.05, 4.69) is 49.0 Å². The summed E-state index contributed by atoms with van der Waals surface area (Å²) >= 11 is 0. The van der Waals surface area contributed by atoms with Crippen molar-refractivity contribution in [2.45, 2.75) is 46.6 Å². The van der Waals surface area contributed by atoms with Crippen molar-refractivity contribution in [2.24, 2.45) is 10.9 Å². The Balaban J connectivity index is 1.98. The Morgan fingerprint density at radius 1 is 1.17 bits per heavy atom. The lowest BCUT2D eigenvalue weighted by Crippen LogP contribution is -2.39. The van der Waals surface area contributed by atoms with Gasteiger partial charge in [-0.2, -0.15) is 0 Å². The molecule has 0 unspecified atom stereocenters. The number of aryl methyl sites for hydroxylation is 1. The minimum Gasteiger partial charge on any atom is -0.493 e. The highest BCUT2D eigenvalue weighted by Crippen LogP contribution is 2.30. The molecule has 0 bridgehead atoms. The van der Waals surface area contributed by atoms with Gasteiger partial charge in [0.05, 0.1) is 14.2 Å². The van der Waals surface area contributed by atoms with Gasteiger partial charge in [-0.1, -0.05) is 6.92 Å². The summed E-state index contributed by atoms with van der Waals surface area (Å²) in [4.78, 5) is 9.65. The second-order valence-electron chi connectivity index (χ2n) is 7.89. The molecule has 0 spiro atoms. The van der Waals surface area contributed by atoms with Gasteiger partial charge in [-0.3, -0.25) is 4.99 Å². The van der Waals surface area contributed by atoms with Crippen molar-refractivity contribution < 1.29 is 9.47 Å². The van der Waals surface area contributed by atoms with Crippen LogP contribution in [0.4, 0.5) is 0 Å². The van der Waals surface area contributed by atoms with Gasteiger partial charge in [0.2, 0.25) is 0 Å². The van der Waals surface area contributed by atoms with Crippen LogP contribution in [0.15, 0.2) is 17.1 Å². The molecular formula is C23H40N4O2. The van der Waals surface area contributed by atoms with Crippen LogP contribution >= 0.6 is 0 Å². The van der Waals surface area contributed by atoms with E-state index in [1.165, 1.54) is 50.0 Å². The van der Waals surface area contributed by atoms with Crippen LogP contribution in [-0.2, 0) is 6.54 Å². The van der Waals surface area contributed by atoms with Crippen molar-refractivity contribution in [3.63, 3.8) is 0 Å². The Morgan fingerprint density at radius 2 is 1.83 bits per heavy atom. The average Bonchev–Trinajstić information content (AvgIpc) is 2.74. The second-order valence-corrected chi connectivity index (χ2v) is 7.89. The molecule has 1 aliphatic heterocycles. The van der Waals surface area contributed by atoms with E-state index in [1.54, 1.807) is 14.2 Å². The SMILES string of the molecule is CCNC(=NCCC1CCN(CC)CC1)N(C)Cc1cc(OC)c(OC)cc1C. The summed E-state index contributed by atoms with van der Waals surface area (Å²) in [6.45, 7) is 12.7. The van der Waals surface area contributed by atoms with E-state index < -0.39 is 0 Å². The molecule has 1 saturated heterocycles. The number of nitrogens with zero attached hydrogens (tertiary/aromatic N) is 3. The first-order valence-corrected chi connectivity index (χ1v) is 11.0. The Labute approximate surface area is 177 Å². The van der Waals surface area contributed by atoms with Crippen LogP contribution in [0.3, 0.4) is 0 Å². The number of nitrogens with one attached hydrogen (secondary N) is 1. The molecule has 1 fully saturated rings. The van der Waals surface area contributed by atoms with Gasteiger partial charge in [0, 0.05) is 26.7 Å². The molecule has 6 nitrogen and oxygen atoms in total. The van der Waals surface area contributed by atoms with Crippen LogP contribution in [0.5, 0.6) is 11.5 Å². The number of guanidine groups is 1.